The highest BCUT2D eigenvalue weighted by atomic mass is 16.5. The summed E-state index contributed by atoms with van der Waals surface area (Å²) in [6.45, 7) is 1.42. The standard InChI is InChI=1S/C18H24N2O2/c21-18(20-16-9-5-2-6-10-16)19-13-15-11-12-22-17(15)14-7-3-1-4-8-14/h1,3-5,7-9,15-17H,2,6,10-13H2,(H2,19,20,21)/t15-,16-,17-/m1/s1. The molecular weight excluding hydrogens is 276 g/mol. The highest BCUT2D eigenvalue weighted by Crippen LogP contribution is 2.33. The van der Waals surface area contributed by atoms with Crippen LogP contribution in [0.1, 0.15) is 37.4 Å². The van der Waals surface area contributed by atoms with Gasteiger partial charge in [-0.2, -0.15) is 0 Å². The minimum Gasteiger partial charge on any atom is -0.373 e. The summed E-state index contributed by atoms with van der Waals surface area (Å²) in [5.41, 5.74) is 1.20. The number of hydrogen-bond donors (Lipinski definition) is 2. The van der Waals surface area contributed by atoms with Crippen LogP contribution in [0.5, 0.6) is 0 Å². The fourth-order valence-corrected chi connectivity index (χ4v) is 3.23. The minimum atomic E-state index is -0.0738. The molecule has 0 unspecified atom stereocenters. The fraction of sp³-hybridized carbons (Fsp3) is 0.500. The summed E-state index contributed by atoms with van der Waals surface area (Å²) in [6, 6.07) is 10.4. The number of carbonyl (C=O) groups excluding carboxylic acids is 1. The van der Waals surface area contributed by atoms with Crippen LogP contribution in [0.4, 0.5) is 4.79 Å². The summed E-state index contributed by atoms with van der Waals surface area (Å²) < 4.78 is 5.85. The Balaban J connectivity index is 1.49. The van der Waals surface area contributed by atoms with E-state index in [9.17, 15) is 4.79 Å². The molecule has 0 radical (unpaired) electrons. The Morgan fingerprint density at radius 3 is 2.86 bits per heavy atom. The van der Waals surface area contributed by atoms with Crippen molar-refractivity contribution in [2.75, 3.05) is 13.2 Å². The van der Waals surface area contributed by atoms with Gasteiger partial charge >= 0.3 is 6.03 Å². The maximum absolute atomic E-state index is 12.0. The summed E-state index contributed by atoms with van der Waals surface area (Å²) in [5, 5.41) is 6.03. The lowest BCUT2D eigenvalue weighted by Crippen LogP contribution is -2.43. The van der Waals surface area contributed by atoms with Gasteiger partial charge in [0.25, 0.3) is 0 Å². The van der Waals surface area contributed by atoms with Gasteiger partial charge in [-0.05, 0) is 31.2 Å². The largest absolute Gasteiger partial charge is 0.373 e. The summed E-state index contributed by atoms with van der Waals surface area (Å²) in [4.78, 5) is 12.0. The second-order valence-electron chi connectivity index (χ2n) is 6.07. The van der Waals surface area contributed by atoms with E-state index in [2.05, 4.69) is 34.9 Å². The van der Waals surface area contributed by atoms with Crippen molar-refractivity contribution in [3.8, 4) is 0 Å². The molecule has 0 saturated carbocycles. The topological polar surface area (TPSA) is 50.4 Å². The van der Waals surface area contributed by atoms with E-state index in [0.717, 1.165) is 32.3 Å². The van der Waals surface area contributed by atoms with E-state index in [-0.39, 0.29) is 18.2 Å². The molecule has 0 aromatic heterocycles. The first kappa shape index (κ1) is 15.1. The Morgan fingerprint density at radius 1 is 1.23 bits per heavy atom. The van der Waals surface area contributed by atoms with Crippen LogP contribution in [0.25, 0.3) is 0 Å². The van der Waals surface area contributed by atoms with Crippen molar-refractivity contribution in [3.63, 3.8) is 0 Å². The van der Waals surface area contributed by atoms with Crippen molar-refractivity contribution >= 4 is 6.03 Å². The van der Waals surface area contributed by atoms with Gasteiger partial charge in [-0.15, -0.1) is 0 Å². The summed E-state index contributed by atoms with van der Waals surface area (Å²) >= 11 is 0. The molecule has 118 valence electrons. The number of carbonyl (C=O) groups is 1. The molecule has 1 heterocycles. The Hall–Kier alpha value is -1.81. The average molecular weight is 300 g/mol. The molecule has 4 heteroatoms. The predicted molar refractivity (Wildman–Crippen MR) is 86.6 cm³/mol. The van der Waals surface area contributed by atoms with Crippen LogP contribution in [-0.4, -0.2) is 25.2 Å². The molecule has 1 aliphatic carbocycles. The molecule has 2 amide bonds. The van der Waals surface area contributed by atoms with Gasteiger partial charge in [0.2, 0.25) is 0 Å². The van der Waals surface area contributed by atoms with E-state index in [1.165, 1.54) is 5.56 Å². The van der Waals surface area contributed by atoms with Crippen molar-refractivity contribution in [1.29, 1.82) is 0 Å². The fourth-order valence-electron chi connectivity index (χ4n) is 3.23. The van der Waals surface area contributed by atoms with E-state index in [1.807, 2.05) is 18.2 Å². The number of nitrogens with one attached hydrogen (secondary N) is 2. The predicted octanol–water partition coefficient (Wildman–Crippen LogP) is 3.17. The Bertz CT molecular complexity index is 515. The molecule has 3 rings (SSSR count). The first-order valence-electron chi connectivity index (χ1n) is 8.20. The third-order valence-electron chi connectivity index (χ3n) is 4.44. The normalized spacial score (nSPS) is 27.5. The molecule has 1 aromatic rings. The van der Waals surface area contributed by atoms with Gasteiger partial charge in [0, 0.05) is 25.1 Å². The molecule has 0 bridgehead atoms. The molecule has 4 nitrogen and oxygen atoms in total. The van der Waals surface area contributed by atoms with Crippen molar-refractivity contribution in [2.24, 2.45) is 5.92 Å². The van der Waals surface area contributed by atoms with E-state index in [4.69, 9.17) is 4.74 Å². The maximum atomic E-state index is 12.0. The van der Waals surface area contributed by atoms with Crippen molar-refractivity contribution in [1.82, 2.24) is 10.6 Å². The number of urea groups is 1. The number of amides is 2. The second-order valence-corrected chi connectivity index (χ2v) is 6.07. The van der Waals surface area contributed by atoms with Crippen LogP contribution in [0.3, 0.4) is 0 Å². The molecule has 3 atom stereocenters. The van der Waals surface area contributed by atoms with Crippen molar-refractivity contribution in [2.45, 2.75) is 37.8 Å². The van der Waals surface area contributed by atoms with Crippen LogP contribution >= 0.6 is 0 Å². The zero-order valence-corrected chi connectivity index (χ0v) is 12.8. The number of ether oxygens (including phenoxy) is 1. The summed E-state index contributed by atoms with van der Waals surface area (Å²) in [7, 11) is 0. The lowest BCUT2D eigenvalue weighted by molar-refractivity contribution is 0.0910. The highest BCUT2D eigenvalue weighted by molar-refractivity contribution is 5.74. The van der Waals surface area contributed by atoms with Crippen LogP contribution < -0.4 is 10.6 Å². The van der Waals surface area contributed by atoms with E-state index in [1.54, 1.807) is 0 Å². The van der Waals surface area contributed by atoms with E-state index < -0.39 is 0 Å². The molecular formula is C18H24N2O2. The Kier molecular flexibility index (Phi) is 5.11. The van der Waals surface area contributed by atoms with Gasteiger partial charge in [0.1, 0.15) is 0 Å². The van der Waals surface area contributed by atoms with Gasteiger partial charge in [-0.3, -0.25) is 0 Å². The molecule has 1 aromatic carbocycles. The quantitative estimate of drug-likeness (QED) is 0.839. The number of rotatable bonds is 4. The molecule has 2 N–H and O–H groups in total. The average Bonchev–Trinajstić information content (AvgIpc) is 3.03. The molecule has 0 spiro atoms. The van der Waals surface area contributed by atoms with E-state index >= 15 is 0 Å². The molecule has 2 aliphatic rings. The number of benzene rings is 1. The molecule has 22 heavy (non-hydrogen) atoms. The third kappa shape index (κ3) is 3.89. The minimum absolute atomic E-state index is 0.0738. The van der Waals surface area contributed by atoms with E-state index in [0.29, 0.717) is 12.5 Å². The maximum Gasteiger partial charge on any atom is 0.315 e. The Labute approximate surface area is 131 Å². The van der Waals surface area contributed by atoms with Crippen LogP contribution in [0.15, 0.2) is 42.5 Å². The highest BCUT2D eigenvalue weighted by Gasteiger charge is 2.29. The van der Waals surface area contributed by atoms with Gasteiger partial charge in [-0.1, -0.05) is 42.5 Å². The first-order chi connectivity index (χ1) is 10.8. The number of hydrogen-bond acceptors (Lipinski definition) is 2. The lowest BCUT2D eigenvalue weighted by Gasteiger charge is -2.21. The summed E-state index contributed by atoms with van der Waals surface area (Å²) in [5.74, 6) is 0.343. The zero-order chi connectivity index (χ0) is 15.2. The first-order valence-corrected chi connectivity index (χ1v) is 8.20. The second kappa shape index (κ2) is 7.45. The molecule has 1 aliphatic heterocycles. The van der Waals surface area contributed by atoms with Gasteiger partial charge < -0.3 is 15.4 Å². The van der Waals surface area contributed by atoms with Crippen LogP contribution in [0, 0.1) is 5.92 Å². The molecule has 1 fully saturated rings. The van der Waals surface area contributed by atoms with Gasteiger partial charge in [0.15, 0.2) is 0 Å². The molecule has 1 saturated heterocycles. The smallest absolute Gasteiger partial charge is 0.315 e. The van der Waals surface area contributed by atoms with Crippen LogP contribution in [0.2, 0.25) is 0 Å². The monoisotopic (exact) mass is 300 g/mol. The van der Waals surface area contributed by atoms with Crippen molar-refractivity contribution in [3.05, 3.63) is 48.0 Å². The van der Waals surface area contributed by atoms with Gasteiger partial charge in [0.05, 0.1) is 6.10 Å². The van der Waals surface area contributed by atoms with Crippen LogP contribution in [-0.2, 0) is 4.74 Å². The SMILES string of the molecule is O=C(NC[C@H]1CCO[C@@H]1c1ccccc1)N[C@@H]1C=CCCC1. The zero-order valence-electron chi connectivity index (χ0n) is 12.8. The Morgan fingerprint density at radius 2 is 2.09 bits per heavy atom. The third-order valence-corrected chi connectivity index (χ3v) is 4.44. The summed E-state index contributed by atoms with van der Waals surface area (Å²) in [6.07, 6.45) is 8.62. The number of allylic oxidation sites excluding steroid dienone is 1. The lowest BCUT2D eigenvalue weighted by atomic mass is 9.95. The van der Waals surface area contributed by atoms with Crippen molar-refractivity contribution < 1.29 is 9.53 Å². The van der Waals surface area contributed by atoms with Gasteiger partial charge in [-0.25, -0.2) is 4.79 Å².